The van der Waals surface area contributed by atoms with E-state index >= 15 is 0 Å². The maximum Gasteiger partial charge on any atom is 0.331 e. The standard InChI is InChI=1S/C12H10ClNO2S/c13-8-3-5-9(6-4-8)14-11(12(15)16)10-2-1-7-17-10/h1-7,11,14H,(H,15,16)/t11-/m0/s1. The van der Waals surface area contributed by atoms with Gasteiger partial charge < -0.3 is 10.4 Å². The Labute approximate surface area is 108 Å². The predicted octanol–water partition coefficient (Wildman–Crippen LogP) is 3.64. The molecule has 1 heterocycles. The molecule has 1 aromatic heterocycles. The Morgan fingerprint density at radius 2 is 2.00 bits per heavy atom. The predicted molar refractivity (Wildman–Crippen MR) is 69.8 cm³/mol. The number of carboxylic acids is 1. The number of aliphatic carboxylic acids is 1. The summed E-state index contributed by atoms with van der Waals surface area (Å²) in [5.74, 6) is -0.901. The molecule has 2 N–H and O–H groups in total. The zero-order chi connectivity index (χ0) is 12.3. The van der Waals surface area contributed by atoms with Crippen LogP contribution in [0.3, 0.4) is 0 Å². The molecule has 2 rings (SSSR count). The van der Waals surface area contributed by atoms with Gasteiger partial charge in [0, 0.05) is 15.6 Å². The van der Waals surface area contributed by atoms with Gasteiger partial charge in [-0.3, -0.25) is 0 Å². The topological polar surface area (TPSA) is 49.3 Å². The summed E-state index contributed by atoms with van der Waals surface area (Å²) in [5, 5.41) is 14.6. The highest BCUT2D eigenvalue weighted by Crippen LogP contribution is 2.24. The van der Waals surface area contributed by atoms with Gasteiger partial charge in [0.1, 0.15) is 0 Å². The van der Waals surface area contributed by atoms with Gasteiger partial charge in [0.05, 0.1) is 0 Å². The fourth-order valence-electron chi connectivity index (χ4n) is 1.42. The number of carboxylic acid groups (broad SMARTS) is 1. The third-order valence-electron chi connectivity index (χ3n) is 2.23. The second-order valence-electron chi connectivity index (χ2n) is 3.44. The Balaban J connectivity index is 2.19. The van der Waals surface area contributed by atoms with Crippen LogP contribution in [0.4, 0.5) is 5.69 Å². The summed E-state index contributed by atoms with van der Waals surface area (Å²) >= 11 is 7.18. The number of nitrogens with one attached hydrogen (secondary N) is 1. The quantitative estimate of drug-likeness (QED) is 0.889. The Bertz CT molecular complexity index is 496. The second-order valence-corrected chi connectivity index (χ2v) is 4.85. The number of carbonyl (C=O) groups is 1. The van der Waals surface area contributed by atoms with Crippen LogP contribution in [0.2, 0.25) is 5.02 Å². The van der Waals surface area contributed by atoms with Crippen LogP contribution < -0.4 is 5.32 Å². The van der Waals surface area contributed by atoms with Crippen molar-refractivity contribution in [2.45, 2.75) is 6.04 Å². The van der Waals surface area contributed by atoms with Crippen LogP contribution in [0, 0.1) is 0 Å². The molecule has 5 heteroatoms. The van der Waals surface area contributed by atoms with Crippen molar-refractivity contribution in [2.75, 3.05) is 5.32 Å². The lowest BCUT2D eigenvalue weighted by Crippen LogP contribution is -2.19. The Hall–Kier alpha value is -1.52. The van der Waals surface area contributed by atoms with Gasteiger partial charge in [0.25, 0.3) is 0 Å². The van der Waals surface area contributed by atoms with Crippen molar-refractivity contribution in [3.8, 4) is 0 Å². The van der Waals surface area contributed by atoms with Crippen molar-refractivity contribution in [3.63, 3.8) is 0 Å². The van der Waals surface area contributed by atoms with Gasteiger partial charge in [0.2, 0.25) is 0 Å². The third-order valence-corrected chi connectivity index (χ3v) is 3.42. The van der Waals surface area contributed by atoms with E-state index < -0.39 is 12.0 Å². The average Bonchev–Trinajstić information content (AvgIpc) is 2.81. The first kappa shape index (κ1) is 12.0. The van der Waals surface area contributed by atoms with E-state index in [4.69, 9.17) is 11.6 Å². The molecule has 0 radical (unpaired) electrons. The SMILES string of the molecule is O=C(O)[C@@H](Nc1ccc(Cl)cc1)c1cccs1. The minimum Gasteiger partial charge on any atom is -0.479 e. The fourth-order valence-corrected chi connectivity index (χ4v) is 2.32. The molecule has 1 aromatic carbocycles. The summed E-state index contributed by atoms with van der Waals surface area (Å²) in [6.07, 6.45) is 0. The molecule has 0 saturated heterocycles. The molecule has 3 nitrogen and oxygen atoms in total. The van der Waals surface area contributed by atoms with Crippen molar-refractivity contribution in [1.82, 2.24) is 0 Å². The molecule has 0 unspecified atom stereocenters. The molecular weight excluding hydrogens is 258 g/mol. The molecule has 2 aromatic rings. The van der Waals surface area contributed by atoms with E-state index in [1.165, 1.54) is 11.3 Å². The Morgan fingerprint density at radius 3 is 2.53 bits per heavy atom. The molecule has 0 saturated carbocycles. The van der Waals surface area contributed by atoms with Crippen LogP contribution in [0.15, 0.2) is 41.8 Å². The fraction of sp³-hybridized carbons (Fsp3) is 0.0833. The van der Waals surface area contributed by atoms with Crippen molar-refractivity contribution >= 4 is 34.6 Å². The highest BCUT2D eigenvalue weighted by atomic mass is 35.5. The van der Waals surface area contributed by atoms with E-state index in [2.05, 4.69) is 5.32 Å². The van der Waals surface area contributed by atoms with Gasteiger partial charge >= 0.3 is 5.97 Å². The summed E-state index contributed by atoms with van der Waals surface area (Å²) in [6, 6.07) is 9.86. The maximum atomic E-state index is 11.2. The molecule has 0 aliphatic rings. The van der Waals surface area contributed by atoms with E-state index in [0.29, 0.717) is 5.02 Å². The highest BCUT2D eigenvalue weighted by Gasteiger charge is 2.20. The monoisotopic (exact) mass is 267 g/mol. The zero-order valence-electron chi connectivity index (χ0n) is 8.76. The lowest BCUT2D eigenvalue weighted by atomic mass is 10.2. The number of hydrogen-bond donors (Lipinski definition) is 2. The Morgan fingerprint density at radius 1 is 1.29 bits per heavy atom. The molecule has 0 spiro atoms. The van der Waals surface area contributed by atoms with Crippen molar-refractivity contribution in [1.29, 1.82) is 0 Å². The van der Waals surface area contributed by atoms with E-state index in [9.17, 15) is 9.90 Å². The number of thiophene rings is 1. The summed E-state index contributed by atoms with van der Waals surface area (Å²) in [5.41, 5.74) is 0.732. The van der Waals surface area contributed by atoms with Crippen LogP contribution in [0.1, 0.15) is 10.9 Å². The molecule has 0 bridgehead atoms. The lowest BCUT2D eigenvalue weighted by Gasteiger charge is -2.14. The van der Waals surface area contributed by atoms with Gasteiger partial charge in [-0.1, -0.05) is 17.7 Å². The molecular formula is C12H10ClNO2S. The van der Waals surface area contributed by atoms with E-state index in [-0.39, 0.29) is 0 Å². The molecule has 0 amide bonds. The first-order chi connectivity index (χ1) is 8.16. The minimum atomic E-state index is -0.901. The second kappa shape index (κ2) is 5.21. The van der Waals surface area contributed by atoms with E-state index in [0.717, 1.165) is 10.6 Å². The van der Waals surface area contributed by atoms with Gasteiger partial charge in [-0.15, -0.1) is 11.3 Å². The lowest BCUT2D eigenvalue weighted by molar-refractivity contribution is -0.138. The van der Waals surface area contributed by atoms with E-state index in [1.807, 2.05) is 11.4 Å². The van der Waals surface area contributed by atoms with Crippen LogP contribution >= 0.6 is 22.9 Å². The summed E-state index contributed by atoms with van der Waals surface area (Å²) in [6.45, 7) is 0. The van der Waals surface area contributed by atoms with Gasteiger partial charge in [-0.2, -0.15) is 0 Å². The van der Waals surface area contributed by atoms with Crippen molar-refractivity contribution < 1.29 is 9.90 Å². The van der Waals surface area contributed by atoms with E-state index in [1.54, 1.807) is 30.3 Å². The smallest absolute Gasteiger partial charge is 0.331 e. The number of hydrogen-bond acceptors (Lipinski definition) is 3. The summed E-state index contributed by atoms with van der Waals surface area (Å²) in [4.78, 5) is 12.0. The average molecular weight is 268 g/mol. The molecule has 88 valence electrons. The molecule has 1 atom stereocenters. The molecule has 17 heavy (non-hydrogen) atoms. The normalized spacial score (nSPS) is 12.1. The molecule has 0 aliphatic carbocycles. The van der Waals surface area contributed by atoms with Crippen molar-refractivity contribution in [2.24, 2.45) is 0 Å². The van der Waals surface area contributed by atoms with Gasteiger partial charge in [-0.05, 0) is 35.7 Å². The largest absolute Gasteiger partial charge is 0.479 e. The van der Waals surface area contributed by atoms with Crippen LogP contribution in [0.5, 0.6) is 0 Å². The summed E-state index contributed by atoms with van der Waals surface area (Å²) < 4.78 is 0. The van der Waals surface area contributed by atoms with Gasteiger partial charge in [-0.25, -0.2) is 4.79 Å². The first-order valence-corrected chi connectivity index (χ1v) is 6.21. The number of anilines is 1. The first-order valence-electron chi connectivity index (χ1n) is 4.95. The molecule has 0 fully saturated rings. The summed E-state index contributed by atoms with van der Waals surface area (Å²) in [7, 11) is 0. The Kier molecular flexibility index (Phi) is 3.66. The zero-order valence-corrected chi connectivity index (χ0v) is 10.3. The highest BCUT2D eigenvalue weighted by molar-refractivity contribution is 7.10. The number of halogens is 1. The third kappa shape index (κ3) is 2.99. The number of rotatable bonds is 4. The maximum absolute atomic E-state index is 11.2. The minimum absolute atomic E-state index is 0.624. The number of benzene rings is 1. The molecule has 0 aliphatic heterocycles. The van der Waals surface area contributed by atoms with Crippen LogP contribution in [-0.2, 0) is 4.79 Å². The van der Waals surface area contributed by atoms with Crippen LogP contribution in [-0.4, -0.2) is 11.1 Å². The van der Waals surface area contributed by atoms with Crippen molar-refractivity contribution in [3.05, 3.63) is 51.7 Å². The van der Waals surface area contributed by atoms with Crippen LogP contribution in [0.25, 0.3) is 0 Å². The van der Waals surface area contributed by atoms with Gasteiger partial charge in [0.15, 0.2) is 6.04 Å².